The molecule has 326 valence electrons. The summed E-state index contributed by atoms with van der Waals surface area (Å²) >= 11 is 22.6. The lowest BCUT2D eigenvalue weighted by Gasteiger charge is -2.38. The molecule has 0 aromatic heterocycles. The highest BCUT2D eigenvalue weighted by atomic mass is 35.5. The Morgan fingerprint density at radius 2 is 0.734 bits per heavy atom. The maximum atomic E-state index is 15.4. The molecule has 7 aromatic carbocycles. The van der Waals surface area contributed by atoms with E-state index in [1.54, 1.807) is 18.2 Å². The minimum absolute atomic E-state index is 0.0139. The van der Waals surface area contributed by atoms with E-state index in [9.17, 15) is 0 Å². The van der Waals surface area contributed by atoms with Crippen molar-refractivity contribution in [2.75, 3.05) is 47.9 Å². The van der Waals surface area contributed by atoms with Gasteiger partial charge in [-0.25, -0.2) is 9.80 Å². The van der Waals surface area contributed by atoms with Crippen molar-refractivity contribution in [3.63, 3.8) is 0 Å². The first-order chi connectivity index (χ1) is 30.4. The van der Waals surface area contributed by atoms with Crippen LogP contribution in [0.1, 0.15) is 143 Å². The number of carbonyl (C=O) groups excluding carboxylic acids is 4. The van der Waals surface area contributed by atoms with Gasteiger partial charge in [0.25, 0.3) is 23.6 Å². The van der Waals surface area contributed by atoms with Crippen molar-refractivity contribution in [1.82, 2.24) is 4.90 Å². The largest absolute Gasteiger partial charge is 0.368 e. The summed E-state index contributed by atoms with van der Waals surface area (Å²) in [7, 11) is 2.08. The number of nitrogens with zero attached hydrogens (tertiary/aromatic N) is 4. The fourth-order valence-electron chi connectivity index (χ4n) is 10.7. The Bertz CT molecular complexity index is 3160. The zero-order chi connectivity index (χ0) is 45.5. The molecule has 3 aliphatic rings. The van der Waals surface area contributed by atoms with Gasteiger partial charge in [0.15, 0.2) is 0 Å². The van der Waals surface area contributed by atoms with Crippen LogP contribution in [-0.4, -0.2) is 61.8 Å². The second-order valence-corrected chi connectivity index (χ2v) is 20.3. The zero-order valence-electron chi connectivity index (χ0n) is 37.5. The maximum absolute atomic E-state index is 15.4. The lowest BCUT2D eigenvalue weighted by molar-refractivity contribution is 0.0877. The molecule has 11 heteroatoms. The summed E-state index contributed by atoms with van der Waals surface area (Å²) in [5, 5.41) is 5.12. The Morgan fingerprint density at radius 3 is 1.08 bits per heavy atom. The number of rotatable bonds is 7. The first-order valence-corrected chi connectivity index (χ1v) is 23.4. The highest BCUT2D eigenvalue weighted by Gasteiger charge is 2.43. The highest BCUT2D eigenvalue weighted by molar-refractivity contribution is 6.56. The van der Waals surface area contributed by atoms with Crippen molar-refractivity contribution in [3.8, 4) is 0 Å². The molecule has 0 bridgehead atoms. The molecule has 0 N–H and O–H groups in total. The molecule has 0 radical (unpaired) electrons. The number of likely N-dealkylation sites (N-methyl/N-ethyl adjacent to an activating group) is 1. The summed E-state index contributed by atoms with van der Waals surface area (Å²) in [4.78, 5) is 68.2. The number of imide groups is 2. The van der Waals surface area contributed by atoms with Crippen LogP contribution in [0.3, 0.4) is 0 Å². The number of piperazine rings is 1. The Balaban J connectivity index is 1.33. The quantitative estimate of drug-likeness (QED) is 0.0900. The molecule has 0 spiro atoms. The topological polar surface area (TPSA) is 81.2 Å². The molecule has 1 fully saturated rings. The lowest BCUT2D eigenvalue weighted by atomic mass is 9.80. The fraction of sp³-hybridized carbons (Fsp3) is 0.321. The van der Waals surface area contributed by atoms with Crippen molar-refractivity contribution in [3.05, 3.63) is 120 Å². The van der Waals surface area contributed by atoms with Crippen molar-refractivity contribution in [2.45, 2.75) is 79.1 Å². The molecule has 7 aromatic rings. The second-order valence-electron chi connectivity index (χ2n) is 19.0. The average molecular weight is 912 g/mol. The predicted octanol–water partition coefficient (Wildman–Crippen LogP) is 13.5. The molecule has 3 aliphatic heterocycles. The first kappa shape index (κ1) is 42.7. The normalized spacial score (nSPS) is 16.1. The molecule has 4 amide bonds. The van der Waals surface area contributed by atoms with Crippen LogP contribution < -0.4 is 14.7 Å². The Morgan fingerprint density at radius 1 is 0.422 bits per heavy atom. The molecule has 10 rings (SSSR count). The van der Waals surface area contributed by atoms with Gasteiger partial charge in [-0.3, -0.25) is 19.2 Å². The third kappa shape index (κ3) is 5.91. The minimum Gasteiger partial charge on any atom is -0.368 e. The Kier molecular flexibility index (Phi) is 10.1. The van der Waals surface area contributed by atoms with Gasteiger partial charge in [-0.05, 0) is 77.2 Å². The van der Waals surface area contributed by atoms with Gasteiger partial charge in [-0.2, -0.15) is 0 Å². The number of hydrogen-bond acceptors (Lipinski definition) is 6. The number of carbonyl (C=O) groups is 4. The summed E-state index contributed by atoms with van der Waals surface area (Å²) in [6, 6.07) is 18.8. The summed E-state index contributed by atoms with van der Waals surface area (Å²) in [5.74, 6) is -1.78. The van der Waals surface area contributed by atoms with Gasteiger partial charge in [0.05, 0.1) is 33.6 Å². The van der Waals surface area contributed by atoms with E-state index < -0.39 is 23.6 Å². The van der Waals surface area contributed by atoms with Crippen molar-refractivity contribution in [1.29, 1.82) is 0 Å². The molecular weight excluding hydrogens is 863 g/mol. The Labute approximate surface area is 387 Å². The molecule has 0 saturated carbocycles. The monoisotopic (exact) mass is 910 g/mol. The van der Waals surface area contributed by atoms with Crippen LogP contribution in [0, 0.1) is 0 Å². The molecule has 0 unspecified atom stereocenters. The number of halogens is 3. The molecule has 8 nitrogen and oxygen atoms in total. The Hall–Kier alpha value is -5.25. The van der Waals surface area contributed by atoms with Crippen molar-refractivity contribution in [2.24, 2.45) is 0 Å². The second kappa shape index (κ2) is 15.2. The van der Waals surface area contributed by atoms with Crippen LogP contribution >= 0.6 is 34.8 Å². The summed E-state index contributed by atoms with van der Waals surface area (Å²) in [6.45, 7) is 19.3. The van der Waals surface area contributed by atoms with E-state index in [1.807, 2.05) is 42.5 Å². The van der Waals surface area contributed by atoms with Gasteiger partial charge in [0.1, 0.15) is 0 Å². The minimum atomic E-state index is -0.477. The summed E-state index contributed by atoms with van der Waals surface area (Å²) in [6.07, 6.45) is 0. The highest BCUT2D eigenvalue weighted by Crippen LogP contribution is 2.56. The van der Waals surface area contributed by atoms with E-state index in [2.05, 4.69) is 72.2 Å². The lowest BCUT2D eigenvalue weighted by Crippen LogP contribution is -2.45. The number of para-hydroxylation sites is 2. The molecule has 0 atom stereocenters. The maximum Gasteiger partial charge on any atom is 0.266 e. The average Bonchev–Trinajstić information content (AvgIpc) is 3.25. The number of fused-ring (bicyclic) bond motifs is 2. The van der Waals surface area contributed by atoms with E-state index in [0.29, 0.717) is 78.7 Å². The summed E-state index contributed by atoms with van der Waals surface area (Å²) in [5.41, 5.74) is 6.73. The number of amides is 4. The number of benzene rings is 7. The van der Waals surface area contributed by atoms with Crippen molar-refractivity contribution < 1.29 is 19.2 Å². The van der Waals surface area contributed by atoms with Crippen LogP contribution in [-0.2, 0) is 0 Å². The van der Waals surface area contributed by atoms with Crippen LogP contribution in [0.15, 0.2) is 60.7 Å². The van der Waals surface area contributed by atoms with E-state index >= 15 is 19.2 Å². The van der Waals surface area contributed by atoms with E-state index in [0.717, 1.165) is 41.0 Å². The van der Waals surface area contributed by atoms with E-state index in [-0.39, 0.29) is 49.9 Å². The summed E-state index contributed by atoms with van der Waals surface area (Å²) < 4.78 is 0. The molecule has 64 heavy (non-hydrogen) atoms. The van der Waals surface area contributed by atoms with Crippen molar-refractivity contribution >= 4 is 119 Å². The van der Waals surface area contributed by atoms with Gasteiger partial charge in [0.2, 0.25) is 0 Å². The van der Waals surface area contributed by atoms with Gasteiger partial charge < -0.3 is 9.80 Å². The first-order valence-electron chi connectivity index (χ1n) is 22.2. The third-order valence-electron chi connectivity index (χ3n) is 13.9. The predicted molar refractivity (Wildman–Crippen MR) is 264 cm³/mol. The number of hydrogen-bond donors (Lipinski definition) is 0. The molecule has 1 saturated heterocycles. The van der Waals surface area contributed by atoms with Gasteiger partial charge in [-0.15, -0.1) is 0 Å². The van der Waals surface area contributed by atoms with Crippen LogP contribution in [0.5, 0.6) is 0 Å². The third-order valence-corrected chi connectivity index (χ3v) is 14.7. The smallest absolute Gasteiger partial charge is 0.266 e. The van der Waals surface area contributed by atoms with E-state index in [4.69, 9.17) is 34.8 Å². The molecule has 3 heterocycles. The van der Waals surface area contributed by atoms with Gasteiger partial charge in [-0.1, -0.05) is 127 Å². The van der Waals surface area contributed by atoms with Crippen LogP contribution in [0.4, 0.5) is 17.1 Å². The van der Waals surface area contributed by atoms with Crippen LogP contribution in [0.25, 0.3) is 43.1 Å². The fourth-order valence-corrected chi connectivity index (χ4v) is 11.6. The van der Waals surface area contributed by atoms with Gasteiger partial charge in [0, 0.05) is 90.0 Å². The number of anilines is 3. The van der Waals surface area contributed by atoms with Gasteiger partial charge >= 0.3 is 0 Å². The molecule has 0 aliphatic carbocycles. The SMILES string of the molecule is CC(C)c1cccc(C(C)C)c1N1C(=O)c2cc(Cl)c3c4c(Cl)cc5c6c(cc(N7CCN(C)CC7)c(c7c(Cl)cc(c2c37)C1=O)c64)C(=O)N(c1c(C(C)C)cccc1C(C)C)C5=O. The zero-order valence-corrected chi connectivity index (χ0v) is 39.7. The standard InChI is InChI=1S/C53H49Cl3N4O4/c1-24(2)28-12-10-13-29(25(3)4)48(28)59-50(61)32-20-36(54)42-43-37(55)21-34-41-35(53(64)60(52(34)63)49-30(26(5)6)14-11-15-31(49)27(7)8)23-39(58-18-16-57(9)17-19-58)45(47(41)43)44-38(56)22-33(51(59)62)40(32)46(42)44/h10-15,20-27H,16-19H2,1-9H3. The molecular formula is C53H49Cl3N4O4. The van der Waals surface area contributed by atoms with E-state index in [1.165, 1.54) is 9.80 Å². The van der Waals surface area contributed by atoms with Crippen LogP contribution in [0.2, 0.25) is 15.1 Å².